The average Bonchev–Trinajstić information content (AvgIpc) is 3.42. The van der Waals surface area contributed by atoms with E-state index in [1.165, 1.54) is 24.1 Å². The number of likely N-dealkylation sites (tertiary alicyclic amines) is 1. The van der Waals surface area contributed by atoms with Crippen molar-refractivity contribution < 1.29 is 46.5 Å². The molecule has 2 amide bonds. The average molecular weight is 684 g/mol. The number of aryl methyl sites for hydroxylation is 1. The first-order chi connectivity index (χ1) is 21.1. The van der Waals surface area contributed by atoms with Crippen LogP contribution in [0.15, 0.2) is 41.6 Å². The summed E-state index contributed by atoms with van der Waals surface area (Å²) in [6, 6.07) is 5.18. The minimum atomic E-state index is -4.06. The van der Waals surface area contributed by atoms with Crippen molar-refractivity contribution in [2.45, 2.75) is 102 Å². The van der Waals surface area contributed by atoms with Crippen LogP contribution in [0.3, 0.4) is 0 Å². The molecule has 0 spiro atoms. The number of hydrogen-bond acceptors (Lipinski definition) is 11. The molecule has 46 heavy (non-hydrogen) atoms. The van der Waals surface area contributed by atoms with Crippen molar-refractivity contribution in [3.05, 3.63) is 42.3 Å². The SMILES string of the molecule is C=C(OC(=S)[C@H](CCC(=O)OC(C)(C)C)OC(=O)[C@@H]1CCCN1C(=O)CNC(=O)OC(C)(C)C)N(C)S(=O)(=O)c1ccc(C)cc1. The predicted molar refractivity (Wildman–Crippen MR) is 173 cm³/mol. The first-order valence-corrected chi connectivity index (χ1v) is 16.6. The summed E-state index contributed by atoms with van der Waals surface area (Å²) in [5.41, 5.74) is -0.652. The van der Waals surface area contributed by atoms with Gasteiger partial charge < -0.3 is 29.2 Å². The highest BCUT2D eigenvalue weighted by molar-refractivity contribution is 7.89. The Morgan fingerprint density at radius 2 is 1.65 bits per heavy atom. The molecule has 0 aliphatic carbocycles. The second kappa shape index (κ2) is 15.7. The zero-order valence-corrected chi connectivity index (χ0v) is 29.3. The van der Waals surface area contributed by atoms with Gasteiger partial charge in [0.05, 0.1) is 4.90 Å². The van der Waals surface area contributed by atoms with Gasteiger partial charge in [-0.1, -0.05) is 17.7 Å². The van der Waals surface area contributed by atoms with Gasteiger partial charge >= 0.3 is 18.0 Å². The minimum Gasteiger partial charge on any atom is -0.460 e. The van der Waals surface area contributed by atoms with E-state index in [4.69, 9.17) is 31.2 Å². The Morgan fingerprint density at radius 1 is 1.07 bits per heavy atom. The summed E-state index contributed by atoms with van der Waals surface area (Å²) < 4.78 is 48.8. The maximum atomic E-state index is 13.4. The highest BCUT2D eigenvalue weighted by atomic mass is 32.2. The number of alkyl carbamates (subject to hydrolysis) is 1. The molecule has 15 heteroatoms. The quantitative estimate of drug-likeness (QED) is 0.147. The van der Waals surface area contributed by atoms with Crippen LogP contribution in [0.2, 0.25) is 0 Å². The summed E-state index contributed by atoms with van der Waals surface area (Å²) in [6.07, 6.45) is -1.66. The number of esters is 2. The van der Waals surface area contributed by atoms with Gasteiger partial charge in [0, 0.05) is 26.4 Å². The normalized spacial score (nSPS) is 15.7. The van der Waals surface area contributed by atoms with E-state index in [1.54, 1.807) is 53.7 Å². The topological polar surface area (TPSA) is 158 Å². The molecule has 0 aromatic heterocycles. The van der Waals surface area contributed by atoms with E-state index in [0.29, 0.717) is 6.42 Å². The molecule has 1 heterocycles. The van der Waals surface area contributed by atoms with E-state index in [2.05, 4.69) is 11.9 Å². The van der Waals surface area contributed by atoms with Crippen LogP contribution >= 0.6 is 12.2 Å². The Bertz CT molecular complexity index is 1410. The molecule has 1 aliphatic rings. The highest BCUT2D eigenvalue weighted by Crippen LogP contribution is 2.23. The van der Waals surface area contributed by atoms with E-state index in [1.807, 2.05) is 6.92 Å². The summed E-state index contributed by atoms with van der Waals surface area (Å²) in [5.74, 6) is -2.28. The Labute approximate surface area is 276 Å². The number of benzene rings is 1. The maximum absolute atomic E-state index is 13.4. The van der Waals surface area contributed by atoms with Crippen LogP contribution in [0.1, 0.15) is 72.8 Å². The van der Waals surface area contributed by atoms with Gasteiger partial charge in [-0.2, -0.15) is 0 Å². The van der Waals surface area contributed by atoms with Crippen LogP contribution in [0.5, 0.6) is 0 Å². The third-order valence-corrected chi connectivity index (χ3v) is 8.57. The number of amides is 2. The van der Waals surface area contributed by atoms with Gasteiger partial charge in [0.2, 0.25) is 16.8 Å². The Hall–Kier alpha value is -3.72. The lowest BCUT2D eigenvalue weighted by Gasteiger charge is -2.28. The Balaban J connectivity index is 2.17. The second-order valence-corrected chi connectivity index (χ2v) is 15.1. The fraction of sp³-hybridized carbons (Fsp3) is 0.581. The van der Waals surface area contributed by atoms with E-state index >= 15 is 0 Å². The van der Waals surface area contributed by atoms with Crippen LogP contribution in [-0.2, 0) is 43.4 Å². The van der Waals surface area contributed by atoms with Gasteiger partial charge in [0.15, 0.2) is 6.10 Å². The van der Waals surface area contributed by atoms with Crippen LogP contribution in [0.25, 0.3) is 0 Å². The lowest BCUT2D eigenvalue weighted by Crippen LogP contribution is -2.47. The number of nitrogens with one attached hydrogen (secondary N) is 1. The van der Waals surface area contributed by atoms with Crippen molar-refractivity contribution in [2.24, 2.45) is 0 Å². The van der Waals surface area contributed by atoms with Crippen LogP contribution in [-0.4, -0.2) is 90.1 Å². The summed E-state index contributed by atoms with van der Waals surface area (Å²) in [5, 5.41) is 2.03. The molecule has 2 atom stereocenters. The number of nitrogens with zero attached hydrogens (tertiary/aromatic N) is 2. The second-order valence-electron chi connectivity index (χ2n) is 12.8. The standard InChI is InChI=1S/C31H45N3O10S2/c1-20-12-14-22(15-13-20)46(39,40)33(9)21(2)41-28(45)24(16-17-26(36)43-30(3,4)5)42-27(37)23-11-10-18-34(23)25(35)19-32-29(38)44-31(6,7)8/h12-15,23-24H,2,10-11,16-19H2,1,3-9H3,(H,32,38)/t23-,24-/m0/s1. The molecule has 1 saturated heterocycles. The molecule has 0 radical (unpaired) electrons. The van der Waals surface area contributed by atoms with E-state index in [-0.39, 0.29) is 41.6 Å². The minimum absolute atomic E-state index is 0.00341. The van der Waals surface area contributed by atoms with E-state index in [0.717, 1.165) is 9.87 Å². The third-order valence-electron chi connectivity index (χ3n) is 6.43. The first-order valence-electron chi connectivity index (χ1n) is 14.8. The number of ether oxygens (including phenoxy) is 4. The number of carbonyl (C=O) groups excluding carboxylic acids is 4. The van der Waals surface area contributed by atoms with Crippen LogP contribution in [0.4, 0.5) is 4.79 Å². The Kier molecular flexibility index (Phi) is 13.1. The van der Waals surface area contributed by atoms with Crippen molar-refractivity contribution in [1.82, 2.24) is 14.5 Å². The zero-order chi connectivity index (χ0) is 35.0. The molecule has 0 unspecified atom stereocenters. The zero-order valence-electron chi connectivity index (χ0n) is 27.7. The molecule has 1 aromatic carbocycles. The largest absolute Gasteiger partial charge is 0.460 e. The molecular weight excluding hydrogens is 638 g/mol. The van der Waals surface area contributed by atoms with Gasteiger partial charge in [-0.25, -0.2) is 22.3 Å². The monoisotopic (exact) mass is 683 g/mol. The number of hydrogen-bond donors (Lipinski definition) is 1. The number of sulfonamides is 1. The molecule has 256 valence electrons. The predicted octanol–water partition coefficient (Wildman–Crippen LogP) is 3.98. The van der Waals surface area contributed by atoms with Crippen LogP contribution in [0, 0.1) is 6.92 Å². The van der Waals surface area contributed by atoms with Gasteiger partial charge in [-0.05, 0) is 92.2 Å². The number of rotatable bonds is 12. The fourth-order valence-electron chi connectivity index (χ4n) is 4.21. The summed E-state index contributed by atoms with van der Waals surface area (Å²) >= 11 is 5.40. The highest BCUT2D eigenvalue weighted by Gasteiger charge is 2.38. The lowest BCUT2D eigenvalue weighted by molar-refractivity contribution is -0.159. The summed E-state index contributed by atoms with van der Waals surface area (Å²) in [4.78, 5) is 52.1. The molecular formula is C31H45N3O10S2. The Morgan fingerprint density at radius 3 is 2.22 bits per heavy atom. The van der Waals surface area contributed by atoms with Crippen molar-refractivity contribution >= 4 is 51.2 Å². The van der Waals surface area contributed by atoms with E-state index in [9.17, 15) is 27.6 Å². The van der Waals surface area contributed by atoms with Gasteiger partial charge in [-0.3, -0.25) is 9.59 Å². The lowest BCUT2D eigenvalue weighted by atomic mass is 10.1. The van der Waals surface area contributed by atoms with Crippen molar-refractivity contribution in [2.75, 3.05) is 20.1 Å². The van der Waals surface area contributed by atoms with Crippen LogP contribution < -0.4 is 5.32 Å². The molecule has 0 bridgehead atoms. The summed E-state index contributed by atoms with van der Waals surface area (Å²) in [6.45, 7) is 15.5. The van der Waals surface area contributed by atoms with Gasteiger partial charge in [0.25, 0.3) is 10.0 Å². The summed E-state index contributed by atoms with van der Waals surface area (Å²) in [7, 11) is -2.83. The van der Waals surface area contributed by atoms with Crippen molar-refractivity contribution in [3.8, 4) is 0 Å². The molecule has 1 N–H and O–H groups in total. The van der Waals surface area contributed by atoms with Gasteiger partial charge in [-0.15, -0.1) is 0 Å². The molecule has 1 aromatic rings. The van der Waals surface area contributed by atoms with E-state index < -0.39 is 63.9 Å². The van der Waals surface area contributed by atoms with Crippen molar-refractivity contribution in [3.63, 3.8) is 0 Å². The smallest absolute Gasteiger partial charge is 0.408 e. The number of thiocarbonyl (C=S) groups is 1. The third kappa shape index (κ3) is 11.9. The molecule has 0 saturated carbocycles. The molecule has 13 nitrogen and oxygen atoms in total. The molecule has 1 fully saturated rings. The van der Waals surface area contributed by atoms with Crippen molar-refractivity contribution in [1.29, 1.82) is 0 Å². The van der Waals surface area contributed by atoms with Gasteiger partial charge in [0.1, 0.15) is 23.8 Å². The first kappa shape index (κ1) is 38.5. The molecule has 2 rings (SSSR count). The molecule has 1 aliphatic heterocycles. The maximum Gasteiger partial charge on any atom is 0.408 e. The fourth-order valence-corrected chi connectivity index (χ4v) is 5.57. The number of carbonyl (C=O) groups is 4.